The van der Waals surface area contributed by atoms with Crippen LogP contribution in [-0.4, -0.2) is 45.5 Å². The molecule has 1 N–H and O–H groups in total. The standard InChI is InChI=1S/C36H39ClN4O2S/c1-5-24-9-7-10-25(6-2)32(24)41-31(19-23(3)4)28(34(42)40-18-17-38-36(22-40)15-8-16-36)20-29(35(41)43)33-39-30(21-44-33)26-11-13-27(37)14-12-26/h7,9-14,19-21,38H,5-6,8,15-18,22H2,1-4H3. The van der Waals surface area contributed by atoms with Gasteiger partial charge in [-0.05, 0) is 81.4 Å². The lowest BCUT2D eigenvalue weighted by Gasteiger charge is -2.49. The fourth-order valence-corrected chi connectivity index (χ4v) is 7.45. The monoisotopic (exact) mass is 626 g/mol. The maximum atomic E-state index is 14.8. The van der Waals surface area contributed by atoms with Gasteiger partial charge in [-0.2, -0.15) is 0 Å². The second-order valence-corrected chi connectivity index (χ2v) is 13.5. The van der Waals surface area contributed by atoms with Gasteiger partial charge in [-0.1, -0.05) is 61.4 Å². The average Bonchev–Trinajstić information content (AvgIpc) is 3.50. The molecule has 1 spiro atoms. The van der Waals surface area contributed by atoms with Crippen molar-refractivity contribution >= 4 is 34.9 Å². The van der Waals surface area contributed by atoms with Crippen LogP contribution in [0.15, 0.2) is 64.3 Å². The van der Waals surface area contributed by atoms with Crippen LogP contribution in [0, 0.1) is 0 Å². The van der Waals surface area contributed by atoms with Crippen molar-refractivity contribution in [3.8, 4) is 27.5 Å². The number of amides is 1. The third-order valence-electron chi connectivity index (χ3n) is 8.93. The first-order valence-electron chi connectivity index (χ1n) is 15.6. The first kappa shape index (κ1) is 30.5. The molecule has 4 aromatic rings. The smallest absolute Gasteiger partial charge is 0.265 e. The van der Waals surface area contributed by atoms with Crippen molar-refractivity contribution in [3.05, 3.63) is 97.2 Å². The fourth-order valence-electron chi connectivity index (χ4n) is 6.48. The summed E-state index contributed by atoms with van der Waals surface area (Å²) >= 11 is 7.55. The van der Waals surface area contributed by atoms with Crippen LogP contribution in [-0.2, 0) is 12.8 Å². The minimum atomic E-state index is -0.169. The molecule has 1 aliphatic heterocycles. The lowest BCUT2D eigenvalue weighted by molar-refractivity contribution is 0.0466. The molecule has 0 atom stereocenters. The minimum Gasteiger partial charge on any atom is -0.335 e. The predicted octanol–water partition coefficient (Wildman–Crippen LogP) is 7.80. The molecule has 2 fully saturated rings. The van der Waals surface area contributed by atoms with E-state index in [9.17, 15) is 9.59 Å². The highest BCUT2D eigenvalue weighted by molar-refractivity contribution is 7.13. The molecular weight excluding hydrogens is 588 g/mol. The quantitative estimate of drug-likeness (QED) is 0.227. The van der Waals surface area contributed by atoms with Crippen LogP contribution in [0.25, 0.3) is 33.6 Å². The highest BCUT2D eigenvalue weighted by atomic mass is 35.5. The molecule has 2 aromatic heterocycles. The summed E-state index contributed by atoms with van der Waals surface area (Å²) in [6.07, 6.45) is 6.86. The topological polar surface area (TPSA) is 67.2 Å². The number of para-hydroxylation sites is 1. The van der Waals surface area contributed by atoms with Crippen molar-refractivity contribution < 1.29 is 4.79 Å². The molecule has 3 heterocycles. The first-order valence-corrected chi connectivity index (χ1v) is 16.8. The van der Waals surface area contributed by atoms with Crippen LogP contribution < -0.4 is 10.9 Å². The number of nitrogens with zero attached hydrogens (tertiary/aromatic N) is 3. The van der Waals surface area contributed by atoms with Gasteiger partial charge in [0.1, 0.15) is 5.01 Å². The molecule has 0 radical (unpaired) electrons. The minimum absolute atomic E-state index is 0.00877. The summed E-state index contributed by atoms with van der Waals surface area (Å²) in [5.41, 5.74) is 7.17. The first-order chi connectivity index (χ1) is 21.2. The Balaban J connectivity index is 1.60. The number of nitrogens with one attached hydrogen (secondary N) is 1. The number of benzene rings is 2. The van der Waals surface area contributed by atoms with E-state index >= 15 is 0 Å². The maximum Gasteiger partial charge on any atom is 0.265 e. The van der Waals surface area contributed by atoms with Crippen molar-refractivity contribution in [2.75, 3.05) is 19.6 Å². The lowest BCUT2D eigenvalue weighted by atomic mass is 9.75. The predicted molar refractivity (Wildman–Crippen MR) is 182 cm³/mol. The van der Waals surface area contributed by atoms with Crippen LogP contribution in [0.4, 0.5) is 0 Å². The molecule has 1 amide bonds. The Bertz CT molecular complexity index is 1770. The van der Waals surface area contributed by atoms with Gasteiger partial charge in [-0.15, -0.1) is 11.3 Å². The molecule has 0 bridgehead atoms. The Morgan fingerprint density at radius 2 is 1.80 bits per heavy atom. The zero-order valence-corrected chi connectivity index (χ0v) is 27.4. The van der Waals surface area contributed by atoms with E-state index in [1.807, 2.05) is 54.5 Å². The molecule has 44 heavy (non-hydrogen) atoms. The second-order valence-electron chi connectivity index (χ2n) is 12.2. The van der Waals surface area contributed by atoms with Crippen LogP contribution in [0.3, 0.4) is 0 Å². The van der Waals surface area contributed by atoms with Gasteiger partial charge in [-0.25, -0.2) is 4.98 Å². The number of aryl methyl sites for hydroxylation is 2. The van der Waals surface area contributed by atoms with Crippen LogP contribution in [0.5, 0.6) is 0 Å². The summed E-state index contributed by atoms with van der Waals surface area (Å²) in [4.78, 5) is 36.3. The Labute approximate surface area is 268 Å². The number of thiazole rings is 1. The Hall–Kier alpha value is -3.52. The van der Waals surface area contributed by atoms with E-state index in [2.05, 4.69) is 37.4 Å². The van der Waals surface area contributed by atoms with E-state index in [0.717, 1.165) is 65.9 Å². The van der Waals surface area contributed by atoms with E-state index < -0.39 is 0 Å². The number of piperazine rings is 1. The fraction of sp³-hybridized carbons (Fsp3) is 0.361. The van der Waals surface area contributed by atoms with Gasteiger partial charge in [0.15, 0.2) is 0 Å². The molecule has 1 aliphatic carbocycles. The van der Waals surface area contributed by atoms with Gasteiger partial charge in [0, 0.05) is 41.1 Å². The summed E-state index contributed by atoms with van der Waals surface area (Å²) in [6, 6.07) is 15.6. The van der Waals surface area contributed by atoms with Crippen molar-refractivity contribution in [2.45, 2.75) is 65.3 Å². The Morgan fingerprint density at radius 3 is 2.41 bits per heavy atom. The maximum absolute atomic E-state index is 14.8. The largest absolute Gasteiger partial charge is 0.335 e. The summed E-state index contributed by atoms with van der Waals surface area (Å²) in [7, 11) is 0. The lowest BCUT2D eigenvalue weighted by Crippen LogP contribution is -2.64. The van der Waals surface area contributed by atoms with Gasteiger partial charge in [0.25, 0.3) is 11.5 Å². The third-order valence-corrected chi connectivity index (χ3v) is 10.1. The zero-order valence-electron chi connectivity index (χ0n) is 25.9. The number of hydrogen-bond donors (Lipinski definition) is 1. The number of halogens is 1. The zero-order chi connectivity index (χ0) is 31.0. The highest BCUT2D eigenvalue weighted by Crippen LogP contribution is 2.36. The number of carbonyl (C=O) groups excluding carboxylic acids is 1. The van der Waals surface area contributed by atoms with E-state index in [4.69, 9.17) is 16.6 Å². The average molecular weight is 627 g/mol. The number of allylic oxidation sites excluding steroid dienone is 1. The summed E-state index contributed by atoms with van der Waals surface area (Å²) < 4.78 is 1.80. The Kier molecular flexibility index (Phi) is 8.64. The Morgan fingerprint density at radius 1 is 1.09 bits per heavy atom. The van der Waals surface area contributed by atoms with Crippen molar-refractivity contribution in [2.24, 2.45) is 0 Å². The van der Waals surface area contributed by atoms with Crippen LogP contribution in [0.2, 0.25) is 5.02 Å². The molecule has 6 rings (SSSR count). The molecule has 2 aromatic carbocycles. The molecule has 2 aliphatic rings. The van der Waals surface area contributed by atoms with Crippen molar-refractivity contribution in [1.29, 1.82) is 0 Å². The van der Waals surface area contributed by atoms with Crippen molar-refractivity contribution in [1.82, 2.24) is 19.8 Å². The SMILES string of the molecule is CCc1cccc(CC)c1-n1c(C=C(C)C)c(C(=O)N2CCNC3(CCC3)C2)cc(-c2nc(-c3ccc(Cl)cc3)cs2)c1=O. The van der Waals surface area contributed by atoms with E-state index in [1.165, 1.54) is 17.8 Å². The number of aromatic nitrogens is 2. The van der Waals surface area contributed by atoms with Gasteiger partial charge < -0.3 is 10.2 Å². The number of carbonyl (C=O) groups is 1. The van der Waals surface area contributed by atoms with Crippen LogP contribution in [0.1, 0.15) is 74.1 Å². The normalized spacial score (nSPS) is 15.7. The molecule has 8 heteroatoms. The van der Waals surface area contributed by atoms with E-state index in [-0.39, 0.29) is 17.0 Å². The van der Waals surface area contributed by atoms with E-state index in [0.29, 0.717) is 39.9 Å². The van der Waals surface area contributed by atoms with Crippen molar-refractivity contribution in [3.63, 3.8) is 0 Å². The molecule has 0 unspecified atom stereocenters. The van der Waals surface area contributed by atoms with Gasteiger partial charge in [0.05, 0.1) is 28.2 Å². The summed E-state index contributed by atoms with van der Waals surface area (Å²) in [5, 5.41) is 6.88. The molecule has 1 saturated carbocycles. The number of pyridine rings is 1. The van der Waals surface area contributed by atoms with Gasteiger partial charge in [-0.3, -0.25) is 14.2 Å². The summed E-state index contributed by atoms with van der Waals surface area (Å²) in [6.45, 7) is 10.3. The molecule has 1 saturated heterocycles. The highest BCUT2D eigenvalue weighted by Gasteiger charge is 2.42. The molecule has 6 nitrogen and oxygen atoms in total. The third kappa shape index (κ3) is 5.69. The van der Waals surface area contributed by atoms with E-state index in [1.54, 1.807) is 10.6 Å². The van der Waals surface area contributed by atoms with Gasteiger partial charge >= 0.3 is 0 Å². The number of hydrogen-bond acceptors (Lipinski definition) is 5. The van der Waals surface area contributed by atoms with Gasteiger partial charge in [0.2, 0.25) is 0 Å². The molecular formula is C36H39ClN4O2S. The molecule has 228 valence electrons. The number of rotatable bonds is 7. The summed E-state index contributed by atoms with van der Waals surface area (Å²) in [5.74, 6) is -0.0400. The van der Waals surface area contributed by atoms with Crippen LogP contribution >= 0.6 is 22.9 Å². The second kappa shape index (κ2) is 12.5.